The Morgan fingerprint density at radius 3 is 2.55 bits per heavy atom. The van der Waals surface area contributed by atoms with Crippen molar-refractivity contribution >= 4 is 23.5 Å². The minimum atomic E-state index is -1.04. The van der Waals surface area contributed by atoms with Crippen LogP contribution in [0.25, 0.3) is 0 Å². The van der Waals surface area contributed by atoms with Crippen molar-refractivity contribution in [2.75, 3.05) is 11.1 Å². The number of nitrogen functional groups attached to an aromatic ring is 1. The van der Waals surface area contributed by atoms with Gasteiger partial charge in [0, 0.05) is 34.8 Å². The molecule has 0 saturated heterocycles. The molecule has 0 heterocycles. The first-order valence-corrected chi connectivity index (χ1v) is 5.67. The van der Waals surface area contributed by atoms with Crippen LogP contribution in [-0.4, -0.2) is 12.1 Å². The summed E-state index contributed by atoms with van der Waals surface area (Å²) in [5.74, 6) is -2.53. The fraction of sp³-hybridized carbons (Fsp3) is 0. The fourth-order valence-corrected chi connectivity index (χ4v) is 1.62. The zero-order valence-electron chi connectivity index (χ0n) is 10.3. The molecule has 0 aliphatic rings. The second kappa shape index (κ2) is 5.48. The van der Waals surface area contributed by atoms with E-state index in [0.717, 1.165) is 18.3 Å². The van der Waals surface area contributed by atoms with Gasteiger partial charge in [-0.3, -0.25) is 4.79 Å². The predicted molar refractivity (Wildman–Crippen MR) is 73.1 cm³/mol. The number of hydrogen-bond acceptors (Lipinski definition) is 3. The number of halogens is 2. The van der Waals surface area contributed by atoms with E-state index >= 15 is 0 Å². The third kappa shape index (κ3) is 2.80. The summed E-state index contributed by atoms with van der Waals surface area (Å²) >= 11 is 0. The molecule has 2 rings (SSSR count). The maximum Gasteiger partial charge on any atom is 0.255 e. The third-order valence-electron chi connectivity index (χ3n) is 2.68. The van der Waals surface area contributed by atoms with Crippen LogP contribution in [-0.2, 0) is 0 Å². The molecule has 0 saturated carbocycles. The number of benzene rings is 2. The van der Waals surface area contributed by atoms with Crippen LogP contribution in [0.3, 0.4) is 0 Å². The molecule has 0 aliphatic carbocycles. The van der Waals surface area contributed by atoms with Crippen LogP contribution in [0.2, 0.25) is 0 Å². The zero-order chi connectivity index (χ0) is 14.7. The van der Waals surface area contributed by atoms with Gasteiger partial charge >= 0.3 is 0 Å². The highest BCUT2D eigenvalue weighted by atomic mass is 19.2. The summed E-state index contributed by atoms with van der Waals surface area (Å²) in [5, 5.41) is 9.60. The molecule has 0 bridgehead atoms. The molecule has 6 heteroatoms. The Bertz CT molecular complexity index is 686. The Morgan fingerprint density at radius 2 is 1.90 bits per heavy atom. The van der Waals surface area contributed by atoms with Gasteiger partial charge in [0.25, 0.3) is 5.91 Å². The van der Waals surface area contributed by atoms with Crippen LogP contribution in [0.5, 0.6) is 0 Å². The molecule has 0 radical (unpaired) electrons. The molecule has 102 valence electrons. The van der Waals surface area contributed by atoms with E-state index in [4.69, 9.17) is 11.1 Å². The Labute approximate surface area is 113 Å². The van der Waals surface area contributed by atoms with Crippen molar-refractivity contribution in [3.8, 4) is 0 Å². The number of nitrogens with two attached hydrogens (primary N) is 1. The van der Waals surface area contributed by atoms with E-state index in [2.05, 4.69) is 5.32 Å². The summed E-state index contributed by atoms with van der Waals surface area (Å²) in [6.45, 7) is 0. The molecule has 4 N–H and O–H groups in total. The van der Waals surface area contributed by atoms with Crippen molar-refractivity contribution in [3.05, 3.63) is 59.2 Å². The van der Waals surface area contributed by atoms with E-state index in [0.29, 0.717) is 11.3 Å². The van der Waals surface area contributed by atoms with Gasteiger partial charge in [0.15, 0.2) is 11.6 Å². The van der Waals surface area contributed by atoms with Crippen molar-refractivity contribution in [1.29, 1.82) is 5.41 Å². The Hall–Kier alpha value is -2.76. The molecule has 0 atom stereocenters. The molecule has 0 fully saturated rings. The predicted octanol–water partition coefficient (Wildman–Crippen LogP) is 2.80. The largest absolute Gasteiger partial charge is 0.398 e. The van der Waals surface area contributed by atoms with E-state index < -0.39 is 17.5 Å². The summed E-state index contributed by atoms with van der Waals surface area (Å²) in [4.78, 5) is 11.9. The average Bonchev–Trinajstić information content (AvgIpc) is 2.43. The normalized spacial score (nSPS) is 10.1. The molecule has 0 aliphatic heterocycles. The second-order valence-corrected chi connectivity index (χ2v) is 4.07. The van der Waals surface area contributed by atoms with E-state index in [-0.39, 0.29) is 11.3 Å². The van der Waals surface area contributed by atoms with Gasteiger partial charge in [0.2, 0.25) is 0 Å². The molecule has 0 aromatic heterocycles. The summed E-state index contributed by atoms with van der Waals surface area (Å²) in [7, 11) is 0. The first-order valence-electron chi connectivity index (χ1n) is 5.67. The van der Waals surface area contributed by atoms with Gasteiger partial charge in [-0.05, 0) is 30.3 Å². The number of carbonyl (C=O) groups is 1. The van der Waals surface area contributed by atoms with Gasteiger partial charge in [0.1, 0.15) is 0 Å². The van der Waals surface area contributed by atoms with Crippen LogP contribution in [0.1, 0.15) is 15.9 Å². The van der Waals surface area contributed by atoms with Crippen LogP contribution in [0, 0.1) is 17.0 Å². The number of rotatable bonds is 3. The van der Waals surface area contributed by atoms with Gasteiger partial charge in [-0.2, -0.15) is 0 Å². The lowest BCUT2D eigenvalue weighted by Crippen LogP contribution is -2.13. The number of nitrogens with one attached hydrogen (secondary N) is 2. The lowest BCUT2D eigenvalue weighted by molar-refractivity contribution is 0.102. The first-order chi connectivity index (χ1) is 9.51. The zero-order valence-corrected chi connectivity index (χ0v) is 10.3. The molecule has 0 spiro atoms. The van der Waals surface area contributed by atoms with Crippen molar-refractivity contribution in [2.45, 2.75) is 0 Å². The lowest BCUT2D eigenvalue weighted by Gasteiger charge is -2.07. The molecular weight excluding hydrogens is 264 g/mol. The SMILES string of the molecule is N=Cc1cc(C(=O)Nc2ccc(F)c(F)c2)ccc1N. The number of amides is 1. The summed E-state index contributed by atoms with van der Waals surface area (Å²) in [6, 6.07) is 7.50. The Balaban J connectivity index is 2.23. The minimum Gasteiger partial charge on any atom is -0.398 e. The maximum atomic E-state index is 13.0. The van der Waals surface area contributed by atoms with E-state index in [1.807, 2.05) is 0 Å². The van der Waals surface area contributed by atoms with Crippen molar-refractivity contribution in [1.82, 2.24) is 0 Å². The highest BCUT2D eigenvalue weighted by molar-refractivity contribution is 6.05. The van der Waals surface area contributed by atoms with Crippen LogP contribution >= 0.6 is 0 Å². The molecule has 0 unspecified atom stereocenters. The van der Waals surface area contributed by atoms with E-state index in [1.54, 1.807) is 0 Å². The maximum absolute atomic E-state index is 13.0. The van der Waals surface area contributed by atoms with Gasteiger partial charge in [0.05, 0.1) is 0 Å². The Kier molecular flexibility index (Phi) is 3.74. The highest BCUT2D eigenvalue weighted by Crippen LogP contribution is 2.16. The third-order valence-corrected chi connectivity index (χ3v) is 2.68. The van der Waals surface area contributed by atoms with Gasteiger partial charge in [-0.1, -0.05) is 0 Å². The van der Waals surface area contributed by atoms with E-state index in [9.17, 15) is 13.6 Å². The number of anilines is 2. The molecule has 1 amide bonds. The minimum absolute atomic E-state index is 0.141. The van der Waals surface area contributed by atoms with Crippen molar-refractivity contribution in [2.24, 2.45) is 0 Å². The molecule has 2 aromatic rings. The Morgan fingerprint density at radius 1 is 1.15 bits per heavy atom. The first kappa shape index (κ1) is 13.7. The summed E-state index contributed by atoms with van der Waals surface area (Å²) in [6.07, 6.45) is 1.03. The van der Waals surface area contributed by atoms with Crippen molar-refractivity contribution < 1.29 is 13.6 Å². The van der Waals surface area contributed by atoms with Crippen LogP contribution in [0.15, 0.2) is 36.4 Å². The summed E-state index contributed by atoms with van der Waals surface area (Å²) in [5.41, 5.74) is 6.81. The van der Waals surface area contributed by atoms with Gasteiger partial charge in [-0.15, -0.1) is 0 Å². The standard InChI is InChI=1S/C14H11F2N3O/c15-11-3-2-10(6-12(11)16)19-14(20)8-1-4-13(18)9(5-8)7-17/h1-7,17H,18H2,(H,19,20). The van der Waals surface area contributed by atoms with Crippen LogP contribution < -0.4 is 11.1 Å². The highest BCUT2D eigenvalue weighted by Gasteiger charge is 2.09. The smallest absolute Gasteiger partial charge is 0.255 e. The number of hydrogen-bond donors (Lipinski definition) is 3. The van der Waals surface area contributed by atoms with Gasteiger partial charge in [-0.25, -0.2) is 8.78 Å². The molecule has 4 nitrogen and oxygen atoms in total. The summed E-state index contributed by atoms with van der Waals surface area (Å²) < 4.78 is 25.8. The topological polar surface area (TPSA) is 79.0 Å². The lowest BCUT2D eigenvalue weighted by atomic mass is 10.1. The average molecular weight is 275 g/mol. The molecule has 20 heavy (non-hydrogen) atoms. The van der Waals surface area contributed by atoms with Crippen molar-refractivity contribution in [3.63, 3.8) is 0 Å². The van der Waals surface area contributed by atoms with Crippen LogP contribution in [0.4, 0.5) is 20.2 Å². The number of carbonyl (C=O) groups excluding carboxylic acids is 1. The second-order valence-electron chi connectivity index (χ2n) is 4.07. The quantitative estimate of drug-likeness (QED) is 0.595. The molecular formula is C14H11F2N3O. The fourth-order valence-electron chi connectivity index (χ4n) is 1.62. The monoisotopic (exact) mass is 275 g/mol. The van der Waals surface area contributed by atoms with Gasteiger partial charge < -0.3 is 16.5 Å². The molecule has 2 aromatic carbocycles. The van der Waals surface area contributed by atoms with E-state index in [1.165, 1.54) is 24.3 Å².